The molecule has 0 saturated heterocycles. The van der Waals surface area contributed by atoms with Crippen LogP contribution in [0.15, 0.2) is 23.3 Å². The van der Waals surface area contributed by atoms with Crippen LogP contribution in [0.25, 0.3) is 0 Å². The minimum atomic E-state index is -4.38. The fourth-order valence-electron chi connectivity index (χ4n) is 1.88. The van der Waals surface area contributed by atoms with E-state index in [0.29, 0.717) is 12.5 Å². The Morgan fingerprint density at radius 3 is 2.76 bits per heavy atom. The molecule has 1 rings (SSSR count). The minimum Gasteiger partial charge on any atom is -0.468 e. The lowest BCUT2D eigenvalue weighted by Gasteiger charge is -2.13. The number of rotatable bonds is 10. The Labute approximate surface area is 145 Å². The molecule has 0 spiro atoms. The molecule has 0 atom stereocenters. The van der Waals surface area contributed by atoms with E-state index < -0.39 is 12.8 Å². The number of nitrogens with one attached hydrogen (secondary N) is 2. The SMILES string of the molecule is CCOCCCCNC(=NC)NCc1ccnc(OCC(F)(F)F)c1. The average molecular weight is 362 g/mol. The minimum absolute atomic E-state index is 0.0597. The van der Waals surface area contributed by atoms with Gasteiger partial charge in [0.15, 0.2) is 12.6 Å². The maximum atomic E-state index is 12.2. The van der Waals surface area contributed by atoms with Gasteiger partial charge in [-0.05, 0) is 31.4 Å². The molecule has 0 aliphatic heterocycles. The van der Waals surface area contributed by atoms with Gasteiger partial charge in [-0.3, -0.25) is 4.99 Å². The van der Waals surface area contributed by atoms with E-state index in [0.717, 1.165) is 38.2 Å². The third-order valence-corrected chi connectivity index (χ3v) is 3.08. The summed E-state index contributed by atoms with van der Waals surface area (Å²) < 4.78 is 46.4. The van der Waals surface area contributed by atoms with Crippen LogP contribution in [0.5, 0.6) is 5.88 Å². The van der Waals surface area contributed by atoms with Gasteiger partial charge in [0.2, 0.25) is 5.88 Å². The predicted molar refractivity (Wildman–Crippen MR) is 89.7 cm³/mol. The van der Waals surface area contributed by atoms with E-state index in [4.69, 9.17) is 4.74 Å². The van der Waals surface area contributed by atoms with Crippen molar-refractivity contribution in [2.75, 3.05) is 33.4 Å². The molecule has 2 N–H and O–H groups in total. The molecule has 0 radical (unpaired) electrons. The first-order valence-electron chi connectivity index (χ1n) is 8.11. The van der Waals surface area contributed by atoms with Crippen LogP contribution < -0.4 is 15.4 Å². The number of aliphatic imine (C=N–C) groups is 1. The van der Waals surface area contributed by atoms with Gasteiger partial charge in [-0.1, -0.05) is 0 Å². The summed E-state index contributed by atoms with van der Waals surface area (Å²) in [6.45, 7) is 3.20. The zero-order chi connectivity index (χ0) is 18.5. The molecule has 0 fully saturated rings. The summed E-state index contributed by atoms with van der Waals surface area (Å²) in [7, 11) is 1.65. The number of halogens is 3. The van der Waals surface area contributed by atoms with Gasteiger partial charge in [0, 0.05) is 45.6 Å². The number of aromatic nitrogens is 1. The third-order valence-electron chi connectivity index (χ3n) is 3.08. The Bertz CT molecular complexity index is 524. The van der Waals surface area contributed by atoms with Crippen LogP contribution in [0.2, 0.25) is 0 Å². The van der Waals surface area contributed by atoms with E-state index in [2.05, 4.69) is 25.3 Å². The Kier molecular flexibility index (Phi) is 9.68. The van der Waals surface area contributed by atoms with Crippen molar-refractivity contribution in [2.24, 2.45) is 4.99 Å². The molecule has 1 aromatic heterocycles. The van der Waals surface area contributed by atoms with Crippen molar-refractivity contribution in [3.63, 3.8) is 0 Å². The number of nitrogens with zero attached hydrogens (tertiary/aromatic N) is 2. The van der Waals surface area contributed by atoms with Gasteiger partial charge in [-0.2, -0.15) is 13.2 Å². The van der Waals surface area contributed by atoms with Crippen LogP contribution in [0.3, 0.4) is 0 Å². The number of pyridine rings is 1. The Balaban J connectivity index is 2.35. The maximum Gasteiger partial charge on any atom is 0.422 e. The molecule has 0 aromatic carbocycles. The summed E-state index contributed by atoms with van der Waals surface area (Å²) in [6.07, 6.45) is -1.07. The molecule has 0 aliphatic rings. The molecule has 142 valence electrons. The summed E-state index contributed by atoms with van der Waals surface area (Å²) >= 11 is 0. The van der Waals surface area contributed by atoms with E-state index in [1.54, 1.807) is 13.1 Å². The monoisotopic (exact) mass is 362 g/mol. The highest BCUT2D eigenvalue weighted by Gasteiger charge is 2.28. The fourth-order valence-corrected chi connectivity index (χ4v) is 1.88. The molecule has 1 aromatic rings. The van der Waals surface area contributed by atoms with Crippen molar-refractivity contribution in [2.45, 2.75) is 32.5 Å². The topological polar surface area (TPSA) is 67.8 Å². The summed E-state index contributed by atoms with van der Waals surface area (Å²) in [5.41, 5.74) is 0.742. The van der Waals surface area contributed by atoms with Crippen LogP contribution >= 0.6 is 0 Å². The van der Waals surface area contributed by atoms with Gasteiger partial charge in [0.05, 0.1) is 0 Å². The normalized spacial score (nSPS) is 12.1. The first kappa shape index (κ1) is 21.0. The maximum absolute atomic E-state index is 12.2. The number of unbranched alkanes of at least 4 members (excludes halogenated alkanes) is 1. The molecule has 25 heavy (non-hydrogen) atoms. The van der Waals surface area contributed by atoms with E-state index >= 15 is 0 Å². The average Bonchev–Trinajstić information content (AvgIpc) is 2.58. The smallest absolute Gasteiger partial charge is 0.422 e. The highest BCUT2D eigenvalue weighted by molar-refractivity contribution is 5.79. The molecular formula is C16H25F3N4O2. The van der Waals surface area contributed by atoms with E-state index in [9.17, 15) is 13.2 Å². The molecule has 0 unspecified atom stereocenters. The second-order valence-electron chi connectivity index (χ2n) is 5.16. The van der Waals surface area contributed by atoms with Crippen molar-refractivity contribution in [3.8, 4) is 5.88 Å². The fraction of sp³-hybridized carbons (Fsp3) is 0.625. The van der Waals surface area contributed by atoms with Crippen LogP contribution in [0, 0.1) is 0 Å². The Morgan fingerprint density at radius 2 is 2.08 bits per heavy atom. The van der Waals surface area contributed by atoms with E-state index in [1.807, 2.05) is 6.92 Å². The van der Waals surface area contributed by atoms with Crippen LogP contribution in [-0.4, -0.2) is 50.5 Å². The van der Waals surface area contributed by atoms with Crippen molar-refractivity contribution in [1.82, 2.24) is 15.6 Å². The van der Waals surface area contributed by atoms with Gasteiger partial charge in [-0.25, -0.2) is 4.98 Å². The second-order valence-corrected chi connectivity index (χ2v) is 5.16. The summed E-state index contributed by atoms with van der Waals surface area (Å²) in [5, 5.41) is 6.25. The molecule has 0 bridgehead atoms. The Hall–Kier alpha value is -2.03. The Morgan fingerprint density at radius 1 is 1.28 bits per heavy atom. The first-order chi connectivity index (χ1) is 11.9. The number of hydrogen-bond donors (Lipinski definition) is 2. The molecular weight excluding hydrogens is 337 g/mol. The number of guanidine groups is 1. The van der Waals surface area contributed by atoms with Gasteiger partial charge in [0.25, 0.3) is 0 Å². The zero-order valence-corrected chi connectivity index (χ0v) is 14.5. The summed E-state index contributed by atoms with van der Waals surface area (Å²) in [6, 6.07) is 3.16. The quantitative estimate of drug-likeness (QED) is 0.380. The van der Waals surface area contributed by atoms with Gasteiger partial charge in [0.1, 0.15) is 0 Å². The molecule has 6 nitrogen and oxygen atoms in total. The van der Waals surface area contributed by atoms with Crippen molar-refractivity contribution in [1.29, 1.82) is 0 Å². The predicted octanol–water partition coefficient (Wildman–Crippen LogP) is 2.50. The van der Waals surface area contributed by atoms with Gasteiger partial charge < -0.3 is 20.1 Å². The standard InChI is InChI=1S/C16H25F3N4O2/c1-3-24-9-5-4-7-22-15(20-2)23-11-13-6-8-21-14(10-13)25-12-16(17,18)19/h6,8,10H,3-5,7,9,11-12H2,1-2H3,(H2,20,22,23). The summed E-state index contributed by atoms with van der Waals surface area (Å²) in [4.78, 5) is 7.86. The third kappa shape index (κ3) is 10.4. The van der Waals surface area contributed by atoms with Crippen LogP contribution in [0.1, 0.15) is 25.3 Å². The van der Waals surface area contributed by atoms with E-state index in [1.165, 1.54) is 12.3 Å². The number of hydrogen-bond acceptors (Lipinski definition) is 4. The van der Waals surface area contributed by atoms with Crippen molar-refractivity contribution < 1.29 is 22.6 Å². The molecule has 0 amide bonds. The highest BCUT2D eigenvalue weighted by atomic mass is 19.4. The second kappa shape index (κ2) is 11.5. The lowest BCUT2D eigenvalue weighted by Crippen LogP contribution is -2.37. The molecule has 0 aliphatic carbocycles. The van der Waals surface area contributed by atoms with Crippen molar-refractivity contribution >= 4 is 5.96 Å². The number of ether oxygens (including phenoxy) is 2. The highest BCUT2D eigenvalue weighted by Crippen LogP contribution is 2.17. The zero-order valence-electron chi connectivity index (χ0n) is 14.5. The largest absolute Gasteiger partial charge is 0.468 e. The van der Waals surface area contributed by atoms with Gasteiger partial charge in [-0.15, -0.1) is 0 Å². The molecule has 1 heterocycles. The molecule has 9 heteroatoms. The molecule has 0 saturated carbocycles. The van der Waals surface area contributed by atoms with Crippen LogP contribution in [-0.2, 0) is 11.3 Å². The lowest BCUT2D eigenvalue weighted by molar-refractivity contribution is -0.154. The summed E-state index contributed by atoms with van der Waals surface area (Å²) in [5.74, 6) is 0.557. The van der Waals surface area contributed by atoms with Crippen LogP contribution in [0.4, 0.5) is 13.2 Å². The van der Waals surface area contributed by atoms with E-state index in [-0.39, 0.29) is 5.88 Å². The lowest BCUT2D eigenvalue weighted by atomic mass is 10.2. The number of alkyl halides is 3. The van der Waals surface area contributed by atoms with Gasteiger partial charge >= 0.3 is 6.18 Å². The van der Waals surface area contributed by atoms with Crippen molar-refractivity contribution in [3.05, 3.63) is 23.9 Å². The first-order valence-corrected chi connectivity index (χ1v) is 8.11.